The maximum Gasteiger partial charge on any atom is 0.191 e. The Labute approximate surface area is 176 Å². The number of halogens is 1. The van der Waals surface area contributed by atoms with Crippen molar-refractivity contribution in [3.63, 3.8) is 0 Å². The number of hydrogen-bond acceptors (Lipinski definition) is 3. The Bertz CT molecular complexity index is 622. The highest BCUT2D eigenvalue weighted by Crippen LogP contribution is 2.57. The fourth-order valence-electron chi connectivity index (χ4n) is 3.95. The van der Waals surface area contributed by atoms with Gasteiger partial charge in [-0.3, -0.25) is 9.20 Å². The summed E-state index contributed by atoms with van der Waals surface area (Å²) in [5.41, 5.74) is 0.306. The van der Waals surface area contributed by atoms with Gasteiger partial charge in [0, 0.05) is 42.3 Å². The van der Waals surface area contributed by atoms with Gasteiger partial charge in [-0.25, -0.2) is 0 Å². The van der Waals surface area contributed by atoms with Gasteiger partial charge in [0.1, 0.15) is 0 Å². The third-order valence-electron chi connectivity index (χ3n) is 5.56. The second-order valence-corrected chi connectivity index (χ2v) is 8.40. The van der Waals surface area contributed by atoms with E-state index in [2.05, 4.69) is 22.5 Å². The Kier molecular flexibility index (Phi) is 8.35. The van der Waals surface area contributed by atoms with Crippen LogP contribution in [0.4, 0.5) is 0 Å². The van der Waals surface area contributed by atoms with Crippen molar-refractivity contribution in [3.05, 3.63) is 30.3 Å². The molecule has 146 valence electrons. The Morgan fingerprint density at radius 2 is 2.08 bits per heavy atom. The number of benzene rings is 1. The summed E-state index contributed by atoms with van der Waals surface area (Å²) in [5.74, 6) is 1.37. The predicted molar refractivity (Wildman–Crippen MR) is 118 cm³/mol. The molecule has 2 aliphatic carbocycles. The maximum atomic E-state index is 12.3. The van der Waals surface area contributed by atoms with Crippen molar-refractivity contribution in [3.8, 4) is 0 Å². The summed E-state index contributed by atoms with van der Waals surface area (Å²) in [7, 11) is 0.806. The molecule has 0 heterocycles. The molecule has 1 spiro atoms. The van der Waals surface area contributed by atoms with Crippen molar-refractivity contribution < 1.29 is 8.95 Å². The Balaban J connectivity index is 0.00000243. The molecule has 2 fully saturated rings. The molecule has 0 radical (unpaired) electrons. The molecule has 3 atom stereocenters. The summed E-state index contributed by atoms with van der Waals surface area (Å²) in [6, 6.07) is 10.0. The van der Waals surface area contributed by atoms with E-state index in [1.54, 1.807) is 7.05 Å². The van der Waals surface area contributed by atoms with Crippen molar-refractivity contribution in [1.82, 2.24) is 10.6 Å². The van der Waals surface area contributed by atoms with Gasteiger partial charge in [0.2, 0.25) is 0 Å². The smallest absolute Gasteiger partial charge is 0.191 e. The first-order valence-electron chi connectivity index (χ1n) is 9.22. The molecule has 26 heavy (non-hydrogen) atoms. The van der Waals surface area contributed by atoms with Crippen LogP contribution in [0.2, 0.25) is 0 Å². The van der Waals surface area contributed by atoms with E-state index in [-0.39, 0.29) is 24.0 Å². The number of guanidine groups is 1. The molecule has 3 unspecified atom stereocenters. The van der Waals surface area contributed by atoms with Crippen LogP contribution in [0, 0.1) is 5.41 Å². The lowest BCUT2D eigenvalue weighted by Gasteiger charge is -2.61. The molecule has 0 bridgehead atoms. The quantitative estimate of drug-likeness (QED) is 0.350. The van der Waals surface area contributed by atoms with Crippen LogP contribution in [0.1, 0.15) is 32.6 Å². The zero-order valence-corrected chi connectivity index (χ0v) is 18.7. The second kappa shape index (κ2) is 10.0. The Morgan fingerprint density at radius 1 is 1.35 bits per heavy atom. The van der Waals surface area contributed by atoms with Crippen LogP contribution in [0.25, 0.3) is 0 Å². The Morgan fingerprint density at radius 3 is 2.65 bits per heavy atom. The molecule has 1 aromatic rings. The Hall–Kier alpha value is -0.670. The fourth-order valence-corrected chi connectivity index (χ4v) is 4.94. The average Bonchev–Trinajstić information content (AvgIpc) is 2.58. The van der Waals surface area contributed by atoms with Gasteiger partial charge in [-0.15, -0.1) is 24.0 Å². The van der Waals surface area contributed by atoms with Crippen molar-refractivity contribution in [2.75, 3.05) is 26.0 Å². The first-order chi connectivity index (χ1) is 12.2. The van der Waals surface area contributed by atoms with Crippen molar-refractivity contribution >= 4 is 40.7 Å². The van der Waals surface area contributed by atoms with Crippen LogP contribution in [0.5, 0.6) is 0 Å². The average molecular weight is 491 g/mol. The van der Waals surface area contributed by atoms with E-state index in [0.717, 1.165) is 23.9 Å². The highest BCUT2D eigenvalue weighted by molar-refractivity contribution is 14.0. The van der Waals surface area contributed by atoms with Crippen LogP contribution in [0.15, 0.2) is 40.2 Å². The van der Waals surface area contributed by atoms with Gasteiger partial charge < -0.3 is 15.4 Å². The minimum Gasteiger partial charge on any atom is -0.378 e. The topological polar surface area (TPSA) is 62.7 Å². The van der Waals surface area contributed by atoms with Crippen LogP contribution >= 0.6 is 24.0 Å². The molecular weight excluding hydrogens is 461 g/mol. The van der Waals surface area contributed by atoms with Crippen LogP contribution in [-0.2, 0) is 15.5 Å². The number of hydrogen-bond donors (Lipinski definition) is 2. The first-order valence-corrected chi connectivity index (χ1v) is 10.5. The van der Waals surface area contributed by atoms with Gasteiger partial charge >= 0.3 is 0 Å². The van der Waals surface area contributed by atoms with Crippen LogP contribution in [-0.4, -0.2) is 48.3 Å². The molecule has 0 aliphatic heterocycles. The molecule has 7 heteroatoms. The SMILES string of the molecule is CCOC1CC(NC(=NC)NCCS(=O)c2ccccc2)C12CCC2.I. The van der Waals surface area contributed by atoms with Crippen LogP contribution < -0.4 is 10.6 Å². The standard InChI is InChI=1S/C19H29N3O2S.HI/c1-3-24-17-14-16(19(17)10-7-11-19)22-18(20-2)21-12-13-25(23)15-8-5-4-6-9-15;/h4-6,8-9,16-17H,3,7,10-14H2,1-2H3,(H2,20,21,22);1H. The molecule has 2 saturated carbocycles. The minimum absolute atomic E-state index is 0. The highest BCUT2D eigenvalue weighted by atomic mass is 127. The number of ether oxygens (including phenoxy) is 1. The summed E-state index contributed by atoms with van der Waals surface area (Å²) in [4.78, 5) is 5.20. The summed E-state index contributed by atoms with van der Waals surface area (Å²) in [6.45, 7) is 3.49. The van der Waals surface area contributed by atoms with E-state index < -0.39 is 10.8 Å². The molecular formula is C19H30IN3O2S. The van der Waals surface area contributed by atoms with Gasteiger partial charge in [-0.1, -0.05) is 24.6 Å². The van der Waals surface area contributed by atoms with Crippen molar-refractivity contribution in [1.29, 1.82) is 0 Å². The van der Waals surface area contributed by atoms with E-state index in [9.17, 15) is 4.21 Å². The maximum absolute atomic E-state index is 12.3. The monoisotopic (exact) mass is 491 g/mol. The van der Waals surface area contributed by atoms with E-state index in [1.165, 1.54) is 19.3 Å². The molecule has 2 N–H and O–H groups in total. The van der Waals surface area contributed by atoms with E-state index >= 15 is 0 Å². The van der Waals surface area contributed by atoms with Gasteiger partial charge in [0.25, 0.3) is 0 Å². The molecule has 0 aromatic heterocycles. The second-order valence-electron chi connectivity index (χ2n) is 6.83. The number of aliphatic imine (C=N–C) groups is 1. The van der Waals surface area contributed by atoms with E-state index in [0.29, 0.717) is 29.9 Å². The molecule has 3 rings (SSSR count). The lowest BCUT2D eigenvalue weighted by Crippen LogP contribution is -2.68. The summed E-state index contributed by atoms with van der Waals surface area (Å²) < 4.78 is 18.2. The van der Waals surface area contributed by atoms with Gasteiger partial charge in [-0.2, -0.15) is 0 Å². The third kappa shape index (κ3) is 4.59. The minimum atomic E-state index is -0.982. The zero-order valence-electron chi connectivity index (χ0n) is 15.6. The van der Waals surface area contributed by atoms with Crippen molar-refractivity contribution in [2.24, 2.45) is 10.4 Å². The van der Waals surface area contributed by atoms with E-state index in [1.807, 2.05) is 30.3 Å². The predicted octanol–water partition coefficient (Wildman–Crippen LogP) is 2.92. The third-order valence-corrected chi connectivity index (χ3v) is 6.93. The van der Waals surface area contributed by atoms with Gasteiger partial charge in [0.15, 0.2) is 5.96 Å². The summed E-state index contributed by atoms with van der Waals surface area (Å²) in [6.07, 6.45) is 5.22. The normalized spacial score (nSPS) is 24.8. The van der Waals surface area contributed by atoms with Gasteiger partial charge in [-0.05, 0) is 38.3 Å². The number of nitrogens with one attached hydrogen (secondary N) is 2. The zero-order chi connectivity index (χ0) is 17.7. The highest BCUT2D eigenvalue weighted by Gasteiger charge is 2.59. The fraction of sp³-hybridized carbons (Fsp3) is 0.632. The number of rotatable bonds is 7. The largest absolute Gasteiger partial charge is 0.378 e. The summed E-state index contributed by atoms with van der Waals surface area (Å²) >= 11 is 0. The molecule has 0 amide bonds. The molecule has 5 nitrogen and oxygen atoms in total. The lowest BCUT2D eigenvalue weighted by atomic mass is 9.51. The summed E-state index contributed by atoms with van der Waals surface area (Å²) in [5, 5.41) is 6.86. The van der Waals surface area contributed by atoms with Gasteiger partial charge in [0.05, 0.1) is 16.9 Å². The first kappa shape index (κ1) is 21.6. The molecule has 2 aliphatic rings. The van der Waals surface area contributed by atoms with Crippen molar-refractivity contribution in [2.45, 2.75) is 49.6 Å². The van der Waals surface area contributed by atoms with Crippen LogP contribution in [0.3, 0.4) is 0 Å². The molecule has 1 aromatic carbocycles. The van der Waals surface area contributed by atoms with E-state index in [4.69, 9.17) is 4.74 Å². The number of nitrogens with zero attached hydrogens (tertiary/aromatic N) is 1. The molecule has 0 saturated heterocycles. The lowest BCUT2D eigenvalue weighted by molar-refractivity contribution is -0.168.